The Balaban J connectivity index is 1.77. The number of amidine groups is 1. The fourth-order valence-corrected chi connectivity index (χ4v) is 5.06. The van der Waals surface area contributed by atoms with E-state index in [0.29, 0.717) is 69.6 Å². The molecule has 0 aromatic heterocycles. The van der Waals surface area contributed by atoms with E-state index in [1.807, 2.05) is 44.2 Å². The van der Waals surface area contributed by atoms with Gasteiger partial charge in [-0.25, -0.2) is 9.18 Å². The van der Waals surface area contributed by atoms with E-state index in [1.165, 1.54) is 6.07 Å². The van der Waals surface area contributed by atoms with Crippen LogP contribution < -0.4 is 5.73 Å². The molecule has 5 nitrogen and oxygen atoms in total. The number of alkyl halides is 3. The molecule has 1 fully saturated rings. The van der Waals surface area contributed by atoms with Gasteiger partial charge < -0.3 is 15.4 Å². The first kappa shape index (κ1) is 29.5. The summed E-state index contributed by atoms with van der Waals surface area (Å²) in [5, 5.41) is 0. The highest BCUT2D eigenvalue weighted by Gasteiger charge is 2.42. The topological polar surface area (TPSA) is 67.9 Å². The van der Waals surface area contributed by atoms with E-state index < -0.39 is 28.5 Å². The third-order valence-corrected chi connectivity index (χ3v) is 7.63. The molecule has 1 amide bonds. The number of aliphatic imine (C=N–C) groups is 1. The van der Waals surface area contributed by atoms with Crippen molar-refractivity contribution >= 4 is 11.9 Å². The summed E-state index contributed by atoms with van der Waals surface area (Å²) < 4.78 is 57.8. The maximum absolute atomic E-state index is 14.0. The van der Waals surface area contributed by atoms with Gasteiger partial charge in [-0.05, 0) is 75.6 Å². The van der Waals surface area contributed by atoms with Crippen molar-refractivity contribution in [3.05, 3.63) is 71.0 Å². The molecule has 208 valence electrons. The van der Waals surface area contributed by atoms with E-state index in [0.717, 1.165) is 17.7 Å². The molecule has 0 bridgehead atoms. The van der Waals surface area contributed by atoms with Crippen LogP contribution in [-0.4, -0.2) is 42.1 Å². The maximum atomic E-state index is 14.0. The molecule has 1 unspecified atom stereocenters. The number of likely N-dealkylation sites (tertiary alicyclic amines) is 1. The Kier molecular flexibility index (Phi) is 9.44. The molecule has 0 spiro atoms. The second kappa shape index (κ2) is 12.2. The third-order valence-electron chi connectivity index (χ3n) is 7.63. The summed E-state index contributed by atoms with van der Waals surface area (Å²) in [6.07, 6.45) is -1.45. The molecule has 1 atom stereocenters. The number of amides is 1. The molecule has 2 N–H and O–H groups in total. The zero-order chi connectivity index (χ0) is 28.0. The number of piperidine rings is 1. The number of carbonyl (C=O) groups is 1. The Morgan fingerprint density at radius 1 is 1.11 bits per heavy atom. The third kappa shape index (κ3) is 6.85. The lowest BCUT2D eigenvalue weighted by Gasteiger charge is -2.42. The van der Waals surface area contributed by atoms with Gasteiger partial charge in [-0.1, -0.05) is 43.3 Å². The van der Waals surface area contributed by atoms with Crippen LogP contribution in [0.15, 0.2) is 53.5 Å². The molecule has 2 aromatic rings. The largest absolute Gasteiger partial charge is 0.450 e. The van der Waals surface area contributed by atoms with Crippen LogP contribution in [0.25, 0.3) is 0 Å². The number of aryl methyl sites for hydroxylation is 1. The number of ether oxygens (including phenoxy) is 1. The summed E-state index contributed by atoms with van der Waals surface area (Å²) in [6, 6.07) is 13.0. The van der Waals surface area contributed by atoms with E-state index in [4.69, 9.17) is 15.5 Å². The second-order valence-electron chi connectivity index (χ2n) is 10.1. The van der Waals surface area contributed by atoms with Gasteiger partial charge in [-0.3, -0.25) is 4.99 Å². The van der Waals surface area contributed by atoms with E-state index in [9.17, 15) is 22.4 Å². The summed E-state index contributed by atoms with van der Waals surface area (Å²) in [6.45, 7) is 7.11. The summed E-state index contributed by atoms with van der Waals surface area (Å²) >= 11 is 0. The number of hydrogen-bond donors (Lipinski definition) is 1. The predicted octanol–water partition coefficient (Wildman–Crippen LogP) is 6.88. The monoisotopic (exact) mass is 535 g/mol. The molecule has 0 aliphatic carbocycles. The molecule has 9 heteroatoms. The smallest absolute Gasteiger partial charge is 0.419 e. The average molecular weight is 536 g/mol. The van der Waals surface area contributed by atoms with Gasteiger partial charge in [-0.2, -0.15) is 13.2 Å². The molecule has 0 saturated carbocycles. The second-order valence-corrected chi connectivity index (χ2v) is 10.1. The maximum Gasteiger partial charge on any atom is 0.419 e. The number of nitrogens with zero attached hydrogens (tertiary/aromatic N) is 2. The minimum absolute atomic E-state index is 0.316. The van der Waals surface area contributed by atoms with Gasteiger partial charge in [0.2, 0.25) is 0 Å². The number of benzene rings is 2. The normalized spacial score (nSPS) is 17.7. The van der Waals surface area contributed by atoms with E-state index in [-0.39, 0.29) is 6.09 Å². The van der Waals surface area contributed by atoms with Crippen molar-refractivity contribution in [2.24, 2.45) is 10.7 Å². The van der Waals surface area contributed by atoms with Gasteiger partial charge in [0.15, 0.2) is 0 Å². The summed E-state index contributed by atoms with van der Waals surface area (Å²) in [5.41, 5.74) is 6.05. The van der Waals surface area contributed by atoms with Crippen molar-refractivity contribution in [3.8, 4) is 0 Å². The van der Waals surface area contributed by atoms with Crippen LogP contribution in [-0.2, 0) is 22.7 Å². The van der Waals surface area contributed by atoms with E-state index in [1.54, 1.807) is 11.8 Å². The Hall–Kier alpha value is -3.10. The molecule has 1 saturated heterocycles. The van der Waals surface area contributed by atoms with Gasteiger partial charge in [0.1, 0.15) is 11.7 Å². The number of halogens is 4. The average Bonchev–Trinajstić information content (AvgIpc) is 2.88. The van der Waals surface area contributed by atoms with Gasteiger partial charge >= 0.3 is 12.3 Å². The summed E-state index contributed by atoms with van der Waals surface area (Å²) in [4.78, 5) is 19.0. The van der Waals surface area contributed by atoms with Crippen LogP contribution in [0.1, 0.15) is 69.6 Å². The van der Waals surface area contributed by atoms with Crippen LogP contribution in [0.4, 0.5) is 22.4 Å². The first-order valence-electron chi connectivity index (χ1n) is 13.1. The van der Waals surface area contributed by atoms with Crippen LogP contribution >= 0.6 is 0 Å². The highest BCUT2D eigenvalue weighted by atomic mass is 19.4. The van der Waals surface area contributed by atoms with Crippen molar-refractivity contribution in [1.82, 2.24) is 4.90 Å². The summed E-state index contributed by atoms with van der Waals surface area (Å²) in [7, 11) is 0. The summed E-state index contributed by atoms with van der Waals surface area (Å²) in [5.74, 6) is -0.744. The van der Waals surface area contributed by atoms with E-state index >= 15 is 0 Å². The number of rotatable bonds is 9. The van der Waals surface area contributed by atoms with Crippen molar-refractivity contribution in [3.63, 3.8) is 0 Å². The van der Waals surface area contributed by atoms with Gasteiger partial charge in [0.25, 0.3) is 0 Å². The van der Waals surface area contributed by atoms with Gasteiger partial charge in [0, 0.05) is 13.1 Å². The lowest BCUT2D eigenvalue weighted by Crippen LogP contribution is -2.52. The Labute approximate surface area is 222 Å². The van der Waals surface area contributed by atoms with Crippen molar-refractivity contribution in [2.75, 3.05) is 19.7 Å². The Morgan fingerprint density at radius 2 is 1.76 bits per heavy atom. The lowest BCUT2D eigenvalue weighted by atomic mass is 9.71. The van der Waals surface area contributed by atoms with Crippen molar-refractivity contribution in [2.45, 2.75) is 76.4 Å². The molecule has 0 radical (unpaired) electrons. The van der Waals surface area contributed by atoms with Crippen LogP contribution in [0, 0.1) is 5.82 Å². The molecule has 2 aromatic carbocycles. The van der Waals surface area contributed by atoms with Crippen molar-refractivity contribution in [1.29, 1.82) is 0 Å². The SMILES string of the molecule is CCOC(=O)N1CCC(C(N)=NC(C)(CC)CCCc2ccc(C(F)(F)F)c(F)c2)(c2ccccc2)CC1. The molecule has 1 heterocycles. The highest BCUT2D eigenvalue weighted by Crippen LogP contribution is 2.38. The minimum Gasteiger partial charge on any atom is -0.450 e. The Morgan fingerprint density at radius 3 is 2.32 bits per heavy atom. The number of carbonyl (C=O) groups excluding carboxylic acids is 1. The number of hydrogen-bond acceptors (Lipinski definition) is 3. The van der Waals surface area contributed by atoms with Crippen LogP contribution in [0.2, 0.25) is 0 Å². The van der Waals surface area contributed by atoms with Crippen molar-refractivity contribution < 1.29 is 27.1 Å². The first-order chi connectivity index (χ1) is 17.9. The van der Waals surface area contributed by atoms with Gasteiger partial charge in [0.05, 0.1) is 23.1 Å². The van der Waals surface area contributed by atoms with E-state index in [2.05, 4.69) is 0 Å². The molecule has 1 aliphatic heterocycles. The quantitative estimate of drug-likeness (QED) is 0.216. The molecular formula is C29H37F4N3O2. The lowest BCUT2D eigenvalue weighted by molar-refractivity contribution is -0.140. The van der Waals surface area contributed by atoms with Gasteiger partial charge in [-0.15, -0.1) is 0 Å². The fourth-order valence-electron chi connectivity index (χ4n) is 5.06. The predicted molar refractivity (Wildman–Crippen MR) is 141 cm³/mol. The zero-order valence-corrected chi connectivity index (χ0v) is 22.3. The minimum atomic E-state index is -4.71. The fraction of sp³-hybridized carbons (Fsp3) is 0.517. The molecular weight excluding hydrogens is 498 g/mol. The number of nitrogens with two attached hydrogens (primary N) is 1. The standard InChI is InChI=1S/C29H37F4N3O2/c1-4-27(3,15-9-10-21-13-14-23(24(30)20-21)29(31,32)33)35-25(34)28(22-11-7-6-8-12-22)16-18-36(19-17-28)26(37)38-5-2/h6-8,11-14,20H,4-5,9-10,15-19H2,1-3H3,(H2,34,35). The highest BCUT2D eigenvalue weighted by molar-refractivity contribution is 5.92. The molecule has 38 heavy (non-hydrogen) atoms. The molecule has 3 rings (SSSR count). The zero-order valence-electron chi connectivity index (χ0n) is 22.3. The van der Waals surface area contributed by atoms with Crippen LogP contribution in [0.5, 0.6) is 0 Å². The Bertz CT molecular complexity index is 1110. The van der Waals surface area contributed by atoms with Crippen LogP contribution in [0.3, 0.4) is 0 Å². The molecule has 1 aliphatic rings. The first-order valence-corrected chi connectivity index (χ1v) is 13.1.